The predicted molar refractivity (Wildman–Crippen MR) is 78.6 cm³/mol. The predicted octanol–water partition coefficient (Wildman–Crippen LogP) is 2.65. The molecule has 104 valence electrons. The van der Waals surface area contributed by atoms with Gasteiger partial charge in [0.25, 0.3) is 0 Å². The minimum absolute atomic E-state index is 0.00571. The maximum atomic E-state index is 5.89. The summed E-state index contributed by atoms with van der Waals surface area (Å²) in [6, 6.07) is 11.9. The Hall–Kier alpha value is -1.85. The lowest BCUT2D eigenvalue weighted by Gasteiger charge is -2.20. The van der Waals surface area contributed by atoms with Crippen LogP contribution in [-0.2, 0) is 4.74 Å². The van der Waals surface area contributed by atoms with Crippen molar-refractivity contribution in [1.29, 1.82) is 0 Å². The summed E-state index contributed by atoms with van der Waals surface area (Å²) in [4.78, 5) is 7.99. The number of hydrogen-bond acceptors (Lipinski definition) is 5. The van der Waals surface area contributed by atoms with Crippen LogP contribution >= 0.6 is 11.6 Å². The van der Waals surface area contributed by atoms with E-state index in [0.29, 0.717) is 17.6 Å². The van der Waals surface area contributed by atoms with Gasteiger partial charge in [0.2, 0.25) is 5.95 Å². The van der Waals surface area contributed by atoms with Crippen LogP contribution in [0.5, 0.6) is 0 Å². The van der Waals surface area contributed by atoms with E-state index in [1.807, 2.05) is 18.2 Å². The number of nitrogens with zero attached hydrogens (tertiary/aromatic N) is 2. The van der Waals surface area contributed by atoms with Crippen LogP contribution in [0.15, 0.2) is 36.4 Å². The van der Waals surface area contributed by atoms with Crippen LogP contribution in [0.4, 0.5) is 11.8 Å². The second kappa shape index (κ2) is 5.64. The summed E-state index contributed by atoms with van der Waals surface area (Å²) in [5, 5.41) is 3.66. The van der Waals surface area contributed by atoms with Gasteiger partial charge in [0.15, 0.2) is 0 Å². The molecule has 1 aromatic heterocycles. The van der Waals surface area contributed by atoms with Crippen LogP contribution in [0.3, 0.4) is 0 Å². The summed E-state index contributed by atoms with van der Waals surface area (Å²) in [5.41, 5.74) is 6.75. The highest BCUT2D eigenvalue weighted by Crippen LogP contribution is 2.31. The molecule has 0 aliphatic carbocycles. The monoisotopic (exact) mass is 290 g/mol. The topological polar surface area (TPSA) is 73.1 Å². The Bertz CT molecular complexity index is 573. The third-order valence-corrected chi connectivity index (χ3v) is 3.46. The minimum atomic E-state index is 0.00571. The summed E-state index contributed by atoms with van der Waals surface area (Å²) in [6.45, 7) is 0.714. The summed E-state index contributed by atoms with van der Waals surface area (Å²) < 4.78 is 5.81. The molecule has 3 rings (SSSR count). The van der Waals surface area contributed by atoms with Crippen molar-refractivity contribution in [2.45, 2.75) is 18.6 Å². The second-order valence-corrected chi connectivity index (χ2v) is 5.06. The highest BCUT2D eigenvalue weighted by Gasteiger charge is 2.29. The lowest BCUT2D eigenvalue weighted by atomic mass is 10.0. The first kappa shape index (κ1) is 13.1. The first-order valence-corrected chi connectivity index (χ1v) is 6.83. The lowest BCUT2D eigenvalue weighted by molar-refractivity contribution is 0.107. The van der Waals surface area contributed by atoms with E-state index in [-0.39, 0.29) is 18.1 Å². The van der Waals surface area contributed by atoms with Crippen LogP contribution in [0.25, 0.3) is 0 Å². The number of nitrogens with two attached hydrogens (primary N) is 1. The van der Waals surface area contributed by atoms with E-state index >= 15 is 0 Å². The van der Waals surface area contributed by atoms with Gasteiger partial charge >= 0.3 is 0 Å². The van der Waals surface area contributed by atoms with Crippen molar-refractivity contribution in [3.63, 3.8) is 0 Å². The van der Waals surface area contributed by atoms with E-state index < -0.39 is 0 Å². The van der Waals surface area contributed by atoms with Gasteiger partial charge in [0.05, 0.1) is 6.04 Å². The number of benzene rings is 1. The number of ether oxygens (including phenoxy) is 1. The molecule has 1 saturated heterocycles. The summed E-state index contributed by atoms with van der Waals surface area (Å²) in [5.74, 6) is 0.786. The zero-order valence-corrected chi connectivity index (χ0v) is 11.5. The highest BCUT2D eigenvalue weighted by atomic mass is 35.5. The van der Waals surface area contributed by atoms with Crippen molar-refractivity contribution >= 4 is 23.4 Å². The molecule has 5 nitrogen and oxygen atoms in total. The molecule has 0 unspecified atom stereocenters. The Labute approximate surface area is 122 Å². The van der Waals surface area contributed by atoms with Crippen molar-refractivity contribution in [1.82, 2.24) is 9.97 Å². The van der Waals surface area contributed by atoms with Gasteiger partial charge in [-0.25, -0.2) is 4.98 Å². The average molecular weight is 291 g/mol. The third kappa shape index (κ3) is 2.84. The number of halogens is 1. The molecule has 1 aliphatic heterocycles. The molecule has 1 aromatic carbocycles. The Morgan fingerprint density at radius 3 is 2.80 bits per heavy atom. The largest absolute Gasteiger partial charge is 0.371 e. The second-order valence-electron chi connectivity index (χ2n) is 4.68. The number of rotatable bonds is 3. The molecule has 0 radical (unpaired) electrons. The fourth-order valence-corrected chi connectivity index (χ4v) is 2.60. The van der Waals surface area contributed by atoms with Gasteiger partial charge in [-0.3, -0.25) is 0 Å². The van der Waals surface area contributed by atoms with Crippen LogP contribution in [-0.4, -0.2) is 22.6 Å². The van der Waals surface area contributed by atoms with Crippen LogP contribution in [0.2, 0.25) is 5.15 Å². The molecule has 2 atom stereocenters. The smallest absolute Gasteiger partial charge is 0.223 e. The molecule has 1 fully saturated rings. The van der Waals surface area contributed by atoms with E-state index in [0.717, 1.165) is 12.0 Å². The van der Waals surface area contributed by atoms with E-state index in [2.05, 4.69) is 27.4 Å². The van der Waals surface area contributed by atoms with Crippen molar-refractivity contribution < 1.29 is 4.74 Å². The third-order valence-electron chi connectivity index (χ3n) is 3.27. The Kier molecular flexibility index (Phi) is 3.71. The van der Waals surface area contributed by atoms with Crippen LogP contribution in [0.1, 0.15) is 18.1 Å². The van der Waals surface area contributed by atoms with Gasteiger partial charge in [-0.1, -0.05) is 41.9 Å². The van der Waals surface area contributed by atoms with E-state index in [9.17, 15) is 0 Å². The number of aromatic nitrogens is 2. The maximum Gasteiger partial charge on any atom is 0.223 e. The first-order valence-electron chi connectivity index (χ1n) is 6.45. The van der Waals surface area contributed by atoms with Crippen molar-refractivity contribution in [2.24, 2.45) is 0 Å². The van der Waals surface area contributed by atoms with Crippen molar-refractivity contribution in [3.8, 4) is 0 Å². The number of nitrogens with one attached hydrogen (secondary N) is 1. The van der Waals surface area contributed by atoms with Gasteiger partial charge in [0.1, 0.15) is 17.1 Å². The molecule has 3 N–H and O–H groups in total. The van der Waals surface area contributed by atoms with E-state index in [1.54, 1.807) is 6.07 Å². The summed E-state index contributed by atoms with van der Waals surface area (Å²) in [7, 11) is 0. The molecule has 0 bridgehead atoms. The lowest BCUT2D eigenvalue weighted by Crippen LogP contribution is -2.24. The first-order chi connectivity index (χ1) is 9.72. The van der Waals surface area contributed by atoms with Gasteiger partial charge in [0, 0.05) is 12.7 Å². The van der Waals surface area contributed by atoms with E-state index in [4.69, 9.17) is 22.1 Å². The quantitative estimate of drug-likeness (QED) is 0.850. The molecule has 2 aromatic rings. The number of nitrogen functional groups attached to an aromatic ring is 1. The summed E-state index contributed by atoms with van der Waals surface area (Å²) in [6.07, 6.45) is 0.910. The minimum Gasteiger partial charge on any atom is -0.371 e. The zero-order valence-electron chi connectivity index (χ0n) is 10.8. The average Bonchev–Trinajstić information content (AvgIpc) is 2.86. The molecular weight excluding hydrogens is 276 g/mol. The van der Waals surface area contributed by atoms with Gasteiger partial charge in [-0.15, -0.1) is 0 Å². The molecule has 2 heterocycles. The highest BCUT2D eigenvalue weighted by molar-refractivity contribution is 6.29. The molecule has 1 aliphatic rings. The normalized spacial score (nSPS) is 21.9. The number of hydrogen-bond donors (Lipinski definition) is 2. The Balaban J connectivity index is 1.79. The maximum absolute atomic E-state index is 5.89. The van der Waals surface area contributed by atoms with Gasteiger partial charge in [-0.05, 0) is 12.0 Å². The molecular formula is C14H15ClN4O. The molecule has 6 heteroatoms. The van der Waals surface area contributed by atoms with Crippen LogP contribution < -0.4 is 11.1 Å². The standard InChI is InChI=1S/C14H15ClN4O/c15-11-8-12(19-14(16)18-11)17-10-6-7-20-13(10)9-4-2-1-3-5-9/h1-5,8,10,13H,6-7H2,(H3,16,17,18,19)/t10-,13+/m1/s1. The van der Waals surface area contributed by atoms with E-state index in [1.165, 1.54) is 0 Å². The fourth-order valence-electron chi connectivity index (χ4n) is 2.41. The van der Waals surface area contributed by atoms with Crippen LogP contribution in [0, 0.1) is 0 Å². The summed E-state index contributed by atoms with van der Waals surface area (Å²) >= 11 is 5.89. The molecule has 0 saturated carbocycles. The zero-order chi connectivity index (χ0) is 13.9. The van der Waals surface area contributed by atoms with Crippen molar-refractivity contribution in [3.05, 3.63) is 47.1 Å². The number of anilines is 2. The Morgan fingerprint density at radius 2 is 2.05 bits per heavy atom. The Morgan fingerprint density at radius 1 is 1.25 bits per heavy atom. The molecule has 20 heavy (non-hydrogen) atoms. The molecule has 0 amide bonds. The van der Waals surface area contributed by atoms with Gasteiger partial charge < -0.3 is 15.8 Å². The SMILES string of the molecule is Nc1nc(Cl)cc(N[C@@H]2CCO[C@H]2c2ccccc2)n1. The molecule has 0 spiro atoms. The van der Waals surface area contributed by atoms with Crippen molar-refractivity contribution in [2.75, 3.05) is 17.7 Å². The fraction of sp³-hybridized carbons (Fsp3) is 0.286. The van der Waals surface area contributed by atoms with Gasteiger partial charge in [-0.2, -0.15) is 4.98 Å².